The molecule has 5 rings (SSSR count). The summed E-state index contributed by atoms with van der Waals surface area (Å²) in [5.74, 6) is 3.24. The minimum Gasteiger partial charge on any atom is -0.457 e. The van der Waals surface area contributed by atoms with E-state index in [9.17, 15) is 0 Å². The number of benzene rings is 5. The third-order valence-corrected chi connectivity index (χ3v) is 8.34. The van der Waals surface area contributed by atoms with E-state index in [0.29, 0.717) is 0 Å². The zero-order valence-corrected chi connectivity index (χ0v) is 25.4. The standard InChI is InChI=1S/C38H40N2O2/c1-25-23-29(11-21-35(25)41-33-17-13-31(39)14-18-33)37(3,4)27-7-9-28(10-8-27)38(5,6)30-12-22-36(26(2)24-30)42-34-19-15-32(40)16-20-34/h7-24H,39-40H2,1-6H3. The number of nitrogens with two attached hydrogens (primary N) is 2. The smallest absolute Gasteiger partial charge is 0.130 e. The number of aryl methyl sites for hydroxylation is 2. The van der Waals surface area contributed by atoms with Crippen molar-refractivity contribution >= 4 is 11.4 Å². The lowest BCUT2D eigenvalue weighted by Crippen LogP contribution is -2.21. The second-order valence-corrected chi connectivity index (χ2v) is 12.1. The van der Waals surface area contributed by atoms with Crippen molar-refractivity contribution in [2.24, 2.45) is 0 Å². The third kappa shape index (κ3) is 5.99. The normalized spacial score (nSPS) is 11.8. The second-order valence-electron chi connectivity index (χ2n) is 12.1. The number of rotatable bonds is 8. The van der Waals surface area contributed by atoms with Crippen LogP contribution in [0.5, 0.6) is 23.0 Å². The first-order chi connectivity index (χ1) is 19.9. The van der Waals surface area contributed by atoms with Crippen LogP contribution in [0.1, 0.15) is 61.1 Å². The Labute approximate surface area is 249 Å². The molecule has 0 atom stereocenters. The van der Waals surface area contributed by atoms with E-state index in [2.05, 4.69) is 102 Å². The van der Waals surface area contributed by atoms with Crippen molar-refractivity contribution in [1.29, 1.82) is 0 Å². The van der Waals surface area contributed by atoms with Crippen LogP contribution in [0, 0.1) is 13.8 Å². The van der Waals surface area contributed by atoms with Crippen LogP contribution in [0.3, 0.4) is 0 Å². The van der Waals surface area contributed by atoms with Crippen LogP contribution in [-0.4, -0.2) is 0 Å². The largest absolute Gasteiger partial charge is 0.457 e. The predicted octanol–water partition coefficient (Wildman–Crippen LogP) is 9.70. The van der Waals surface area contributed by atoms with Crippen LogP contribution in [0.15, 0.2) is 109 Å². The molecule has 0 bridgehead atoms. The summed E-state index contributed by atoms with van der Waals surface area (Å²) >= 11 is 0. The molecule has 4 nitrogen and oxygen atoms in total. The minimum atomic E-state index is -0.176. The molecule has 0 amide bonds. The average molecular weight is 557 g/mol. The fourth-order valence-electron chi connectivity index (χ4n) is 5.27. The molecule has 0 saturated heterocycles. The van der Waals surface area contributed by atoms with Gasteiger partial charge in [0.25, 0.3) is 0 Å². The van der Waals surface area contributed by atoms with Gasteiger partial charge in [-0.05, 0) is 108 Å². The molecule has 4 heteroatoms. The van der Waals surface area contributed by atoms with Crippen molar-refractivity contribution in [3.63, 3.8) is 0 Å². The maximum atomic E-state index is 6.11. The van der Waals surface area contributed by atoms with Crippen LogP contribution in [-0.2, 0) is 10.8 Å². The first-order valence-corrected chi connectivity index (χ1v) is 14.3. The van der Waals surface area contributed by atoms with Gasteiger partial charge < -0.3 is 20.9 Å². The van der Waals surface area contributed by atoms with Crippen molar-refractivity contribution in [3.8, 4) is 23.0 Å². The van der Waals surface area contributed by atoms with Crippen LogP contribution in [0.25, 0.3) is 0 Å². The van der Waals surface area contributed by atoms with E-state index in [0.717, 1.165) is 45.5 Å². The van der Waals surface area contributed by atoms with Gasteiger partial charge in [0.15, 0.2) is 0 Å². The minimum absolute atomic E-state index is 0.176. The predicted molar refractivity (Wildman–Crippen MR) is 175 cm³/mol. The Kier molecular flexibility index (Phi) is 7.74. The van der Waals surface area contributed by atoms with E-state index in [-0.39, 0.29) is 10.8 Å². The molecule has 0 spiro atoms. The van der Waals surface area contributed by atoms with Gasteiger partial charge in [-0.2, -0.15) is 0 Å². The second kappa shape index (κ2) is 11.3. The Hall–Kier alpha value is -4.70. The molecule has 0 unspecified atom stereocenters. The summed E-state index contributed by atoms with van der Waals surface area (Å²) in [7, 11) is 0. The Balaban J connectivity index is 1.33. The number of ether oxygens (including phenoxy) is 2. The van der Waals surface area contributed by atoms with Gasteiger partial charge in [0.2, 0.25) is 0 Å². The lowest BCUT2D eigenvalue weighted by Gasteiger charge is -2.30. The quantitative estimate of drug-likeness (QED) is 0.187. The van der Waals surface area contributed by atoms with Crippen molar-refractivity contribution in [3.05, 3.63) is 143 Å². The third-order valence-electron chi connectivity index (χ3n) is 8.34. The molecule has 0 fully saturated rings. The molecule has 42 heavy (non-hydrogen) atoms. The first-order valence-electron chi connectivity index (χ1n) is 14.3. The van der Waals surface area contributed by atoms with Gasteiger partial charge in [-0.15, -0.1) is 0 Å². The fraction of sp³-hybridized carbons (Fsp3) is 0.211. The first kappa shape index (κ1) is 28.8. The molecule has 0 aliphatic rings. The zero-order valence-electron chi connectivity index (χ0n) is 25.4. The summed E-state index contributed by atoms with van der Waals surface area (Å²) in [5.41, 5.74) is 19.9. The van der Waals surface area contributed by atoms with E-state index in [1.807, 2.05) is 48.5 Å². The molecule has 5 aromatic rings. The van der Waals surface area contributed by atoms with Crippen molar-refractivity contribution in [2.75, 3.05) is 11.5 Å². The zero-order chi connectivity index (χ0) is 30.1. The van der Waals surface area contributed by atoms with Gasteiger partial charge in [0.05, 0.1) is 0 Å². The topological polar surface area (TPSA) is 70.5 Å². The summed E-state index contributed by atoms with van der Waals surface area (Å²) in [6.07, 6.45) is 0. The lowest BCUT2D eigenvalue weighted by molar-refractivity contribution is 0.477. The SMILES string of the molecule is Cc1cc(C(C)(C)c2ccc(C(C)(C)c3ccc(Oc4ccc(N)cc4)c(C)c3)cc2)ccc1Oc1ccc(N)cc1. The maximum Gasteiger partial charge on any atom is 0.130 e. The van der Waals surface area contributed by atoms with E-state index in [1.165, 1.54) is 22.3 Å². The number of hydrogen-bond donors (Lipinski definition) is 2. The molecular formula is C38H40N2O2. The number of nitrogen functional groups attached to an aromatic ring is 2. The van der Waals surface area contributed by atoms with Crippen LogP contribution in [0.4, 0.5) is 11.4 Å². The Bertz CT molecular complexity index is 1560. The molecule has 0 radical (unpaired) electrons. The lowest BCUT2D eigenvalue weighted by atomic mass is 9.74. The molecule has 0 aliphatic heterocycles. The fourth-order valence-corrected chi connectivity index (χ4v) is 5.27. The highest BCUT2D eigenvalue weighted by Crippen LogP contribution is 2.39. The van der Waals surface area contributed by atoms with E-state index in [1.54, 1.807) is 0 Å². The highest BCUT2D eigenvalue weighted by molar-refractivity contribution is 5.50. The van der Waals surface area contributed by atoms with Gasteiger partial charge in [0.1, 0.15) is 23.0 Å². The van der Waals surface area contributed by atoms with Gasteiger partial charge in [0, 0.05) is 22.2 Å². The van der Waals surface area contributed by atoms with Gasteiger partial charge in [-0.1, -0.05) is 76.2 Å². The van der Waals surface area contributed by atoms with Crippen LogP contribution >= 0.6 is 0 Å². The Morgan fingerprint density at radius 2 is 0.738 bits per heavy atom. The molecule has 4 N–H and O–H groups in total. The van der Waals surface area contributed by atoms with Crippen molar-refractivity contribution in [2.45, 2.75) is 52.4 Å². The highest BCUT2D eigenvalue weighted by atomic mass is 16.5. The van der Waals surface area contributed by atoms with Crippen LogP contribution < -0.4 is 20.9 Å². The van der Waals surface area contributed by atoms with Crippen molar-refractivity contribution < 1.29 is 9.47 Å². The highest BCUT2D eigenvalue weighted by Gasteiger charge is 2.27. The molecule has 0 aliphatic carbocycles. The van der Waals surface area contributed by atoms with E-state index < -0.39 is 0 Å². The summed E-state index contributed by atoms with van der Waals surface area (Å²) in [6, 6.07) is 36.9. The molecule has 0 saturated carbocycles. The summed E-state index contributed by atoms with van der Waals surface area (Å²) < 4.78 is 12.2. The number of hydrogen-bond acceptors (Lipinski definition) is 4. The Morgan fingerprint density at radius 3 is 1.05 bits per heavy atom. The Morgan fingerprint density at radius 1 is 0.429 bits per heavy atom. The summed E-state index contributed by atoms with van der Waals surface area (Å²) in [6.45, 7) is 13.3. The summed E-state index contributed by atoms with van der Waals surface area (Å²) in [4.78, 5) is 0. The summed E-state index contributed by atoms with van der Waals surface area (Å²) in [5, 5.41) is 0. The molecule has 0 heterocycles. The van der Waals surface area contributed by atoms with Crippen LogP contribution in [0.2, 0.25) is 0 Å². The molecule has 0 aromatic heterocycles. The average Bonchev–Trinajstić information content (AvgIpc) is 2.97. The van der Waals surface area contributed by atoms with E-state index in [4.69, 9.17) is 20.9 Å². The molecular weight excluding hydrogens is 516 g/mol. The van der Waals surface area contributed by atoms with Gasteiger partial charge in [-0.3, -0.25) is 0 Å². The number of anilines is 2. The monoisotopic (exact) mass is 556 g/mol. The van der Waals surface area contributed by atoms with Crippen molar-refractivity contribution in [1.82, 2.24) is 0 Å². The molecule has 214 valence electrons. The van der Waals surface area contributed by atoms with Gasteiger partial charge >= 0.3 is 0 Å². The molecule has 5 aromatic carbocycles. The maximum absolute atomic E-state index is 6.11. The van der Waals surface area contributed by atoms with Gasteiger partial charge in [-0.25, -0.2) is 0 Å². The van der Waals surface area contributed by atoms with E-state index >= 15 is 0 Å².